The molecule has 1 aromatic rings. The van der Waals surface area contributed by atoms with Crippen LogP contribution >= 0.6 is 11.3 Å². The predicted molar refractivity (Wildman–Crippen MR) is 98.7 cm³/mol. The molecule has 2 rings (SSSR count). The second kappa shape index (κ2) is 7.78. The van der Waals surface area contributed by atoms with E-state index in [0.717, 1.165) is 35.5 Å². The van der Waals surface area contributed by atoms with Gasteiger partial charge in [0.15, 0.2) is 0 Å². The van der Waals surface area contributed by atoms with Crippen LogP contribution in [0.3, 0.4) is 0 Å². The van der Waals surface area contributed by atoms with Gasteiger partial charge in [0.25, 0.3) is 0 Å². The van der Waals surface area contributed by atoms with Crippen molar-refractivity contribution in [2.24, 2.45) is 10.3 Å². The third kappa shape index (κ3) is 4.64. The summed E-state index contributed by atoms with van der Waals surface area (Å²) in [5.74, 6) is 0.147. The first-order valence-corrected chi connectivity index (χ1v) is 10.7. The Morgan fingerprint density at radius 2 is 2.04 bits per heavy atom. The molecule has 1 aliphatic rings. The SMILES string of the molecule is CCCn1ccs/c1=N\S(=O)(=O)NC(=O)N(C(=O)NC)C(C)(C)C1CC1. The van der Waals surface area contributed by atoms with E-state index in [4.69, 9.17) is 0 Å². The maximum Gasteiger partial charge on any atom is 0.348 e. The molecule has 0 aliphatic heterocycles. The van der Waals surface area contributed by atoms with Gasteiger partial charge in [-0.15, -0.1) is 15.7 Å². The Hall–Kier alpha value is -1.88. The first kappa shape index (κ1) is 20.4. The zero-order chi connectivity index (χ0) is 19.5. The van der Waals surface area contributed by atoms with E-state index in [1.165, 1.54) is 7.05 Å². The summed E-state index contributed by atoms with van der Waals surface area (Å²) in [7, 11) is -2.91. The number of imide groups is 1. The van der Waals surface area contributed by atoms with Gasteiger partial charge >= 0.3 is 22.3 Å². The highest BCUT2D eigenvalue weighted by atomic mass is 32.2. The number of aromatic nitrogens is 1. The zero-order valence-electron chi connectivity index (χ0n) is 15.4. The number of nitrogens with zero attached hydrogens (tertiary/aromatic N) is 3. The van der Waals surface area contributed by atoms with Crippen LogP contribution in [0.5, 0.6) is 0 Å². The minimum atomic E-state index is -4.30. The molecule has 1 heterocycles. The third-order valence-corrected chi connectivity index (χ3v) is 6.07. The molecule has 0 bridgehead atoms. The summed E-state index contributed by atoms with van der Waals surface area (Å²) in [5, 5.41) is 4.11. The summed E-state index contributed by atoms with van der Waals surface area (Å²) in [4.78, 5) is 26.0. The van der Waals surface area contributed by atoms with Crippen molar-refractivity contribution in [1.82, 2.24) is 19.5 Å². The van der Waals surface area contributed by atoms with E-state index in [9.17, 15) is 18.0 Å². The Kier molecular flexibility index (Phi) is 6.12. The second-order valence-electron chi connectivity index (χ2n) is 6.67. The highest BCUT2D eigenvalue weighted by molar-refractivity contribution is 7.88. The van der Waals surface area contributed by atoms with Gasteiger partial charge in [0.2, 0.25) is 4.80 Å². The molecule has 11 heteroatoms. The Labute approximate surface area is 157 Å². The van der Waals surface area contributed by atoms with Crippen LogP contribution < -0.4 is 14.8 Å². The number of carbonyl (C=O) groups is 2. The van der Waals surface area contributed by atoms with Crippen molar-refractivity contribution in [2.45, 2.75) is 52.1 Å². The molecule has 9 nitrogen and oxygen atoms in total. The van der Waals surface area contributed by atoms with Crippen LogP contribution in [0.4, 0.5) is 9.59 Å². The Bertz CT molecular complexity index is 836. The van der Waals surface area contributed by atoms with E-state index in [2.05, 4.69) is 9.71 Å². The quantitative estimate of drug-likeness (QED) is 0.752. The summed E-state index contributed by atoms with van der Waals surface area (Å²) < 4.78 is 31.9. The average Bonchev–Trinajstić information content (AvgIpc) is 3.31. The molecule has 1 fully saturated rings. The van der Waals surface area contributed by atoms with Crippen molar-refractivity contribution < 1.29 is 18.0 Å². The van der Waals surface area contributed by atoms with Crippen LogP contribution in [0.15, 0.2) is 16.0 Å². The average molecular weight is 404 g/mol. The minimum absolute atomic E-state index is 0.147. The third-order valence-electron chi connectivity index (χ3n) is 4.31. The van der Waals surface area contributed by atoms with Crippen LogP contribution in [0.1, 0.15) is 40.0 Å². The highest BCUT2D eigenvalue weighted by Gasteiger charge is 2.47. The molecule has 0 atom stereocenters. The van der Waals surface area contributed by atoms with E-state index in [1.54, 1.807) is 30.0 Å². The second-order valence-corrected chi connectivity index (χ2v) is 8.88. The lowest BCUT2D eigenvalue weighted by Gasteiger charge is -2.36. The molecule has 1 aromatic heterocycles. The Morgan fingerprint density at radius 3 is 2.58 bits per heavy atom. The smallest absolute Gasteiger partial charge is 0.341 e. The maximum absolute atomic E-state index is 12.6. The lowest BCUT2D eigenvalue weighted by Crippen LogP contribution is -2.59. The largest absolute Gasteiger partial charge is 0.348 e. The number of aryl methyl sites for hydroxylation is 1. The lowest BCUT2D eigenvalue weighted by atomic mass is 9.97. The summed E-state index contributed by atoms with van der Waals surface area (Å²) in [6.07, 6.45) is 4.32. The van der Waals surface area contributed by atoms with Gasteiger partial charge < -0.3 is 9.88 Å². The molecule has 0 spiro atoms. The number of hydrogen-bond acceptors (Lipinski definition) is 5. The topological polar surface area (TPSA) is 113 Å². The Balaban J connectivity index is 2.27. The molecule has 4 amide bonds. The van der Waals surface area contributed by atoms with Gasteiger partial charge in [-0.1, -0.05) is 6.92 Å². The van der Waals surface area contributed by atoms with Crippen LogP contribution in [-0.4, -0.2) is 42.5 Å². The number of hydrogen-bond donors (Lipinski definition) is 2. The summed E-state index contributed by atoms with van der Waals surface area (Å²) in [6, 6.07) is -1.67. The van der Waals surface area contributed by atoms with Gasteiger partial charge in [-0.05, 0) is 39.0 Å². The van der Waals surface area contributed by atoms with E-state index < -0.39 is 27.8 Å². The van der Waals surface area contributed by atoms with Gasteiger partial charge in [-0.25, -0.2) is 19.2 Å². The maximum atomic E-state index is 12.6. The van der Waals surface area contributed by atoms with Gasteiger partial charge in [-0.2, -0.15) is 8.42 Å². The zero-order valence-corrected chi connectivity index (χ0v) is 17.0. The molecule has 1 aliphatic carbocycles. The summed E-state index contributed by atoms with van der Waals surface area (Å²) in [6.45, 7) is 6.08. The molecule has 0 unspecified atom stereocenters. The minimum Gasteiger partial charge on any atom is -0.341 e. The fourth-order valence-electron chi connectivity index (χ4n) is 2.76. The van der Waals surface area contributed by atoms with Crippen molar-refractivity contribution >= 4 is 33.6 Å². The van der Waals surface area contributed by atoms with E-state index in [1.807, 2.05) is 11.6 Å². The molecule has 26 heavy (non-hydrogen) atoms. The van der Waals surface area contributed by atoms with Crippen molar-refractivity contribution in [3.8, 4) is 0 Å². The van der Waals surface area contributed by atoms with Gasteiger partial charge in [0, 0.05) is 25.2 Å². The number of thiazole rings is 1. The van der Waals surface area contributed by atoms with Crippen molar-refractivity contribution in [3.05, 3.63) is 16.4 Å². The molecule has 0 saturated heterocycles. The molecule has 0 aromatic carbocycles. The number of carbonyl (C=O) groups excluding carboxylic acids is 2. The molecule has 0 radical (unpaired) electrons. The summed E-state index contributed by atoms with van der Waals surface area (Å²) in [5.41, 5.74) is -0.801. The first-order valence-electron chi connectivity index (χ1n) is 8.41. The molecule has 2 N–H and O–H groups in total. The molecule has 1 saturated carbocycles. The number of nitrogens with one attached hydrogen (secondary N) is 2. The first-order chi connectivity index (χ1) is 12.1. The van der Waals surface area contributed by atoms with E-state index in [-0.39, 0.29) is 10.7 Å². The van der Waals surface area contributed by atoms with Gasteiger partial charge in [0.05, 0.1) is 5.54 Å². The number of urea groups is 2. The lowest BCUT2D eigenvalue weighted by molar-refractivity contribution is 0.135. The van der Waals surface area contributed by atoms with Crippen LogP contribution in [-0.2, 0) is 16.8 Å². The number of amides is 4. The standard InChI is InChI=1S/C15H25N5O4S2/c1-5-8-19-9-10-25-14(19)18-26(23,24)17-13(22)20(12(21)16-4)15(2,3)11-6-7-11/h9-11H,5-8H2,1-4H3,(H,16,21)(H,17,22)/b18-14-. The van der Waals surface area contributed by atoms with E-state index in [0.29, 0.717) is 6.54 Å². The predicted octanol–water partition coefficient (Wildman–Crippen LogP) is 1.64. The summed E-state index contributed by atoms with van der Waals surface area (Å²) >= 11 is 1.16. The van der Waals surface area contributed by atoms with Crippen molar-refractivity contribution in [3.63, 3.8) is 0 Å². The number of rotatable bonds is 6. The van der Waals surface area contributed by atoms with E-state index >= 15 is 0 Å². The van der Waals surface area contributed by atoms with Gasteiger partial charge in [0.1, 0.15) is 0 Å². The highest BCUT2D eigenvalue weighted by Crippen LogP contribution is 2.42. The van der Waals surface area contributed by atoms with Crippen molar-refractivity contribution in [2.75, 3.05) is 7.05 Å². The van der Waals surface area contributed by atoms with Crippen LogP contribution in [0.25, 0.3) is 0 Å². The molecular formula is C15H25N5O4S2. The normalized spacial score (nSPS) is 15.6. The molecule has 146 valence electrons. The van der Waals surface area contributed by atoms with Crippen LogP contribution in [0, 0.1) is 5.92 Å². The molecular weight excluding hydrogens is 378 g/mol. The monoisotopic (exact) mass is 403 g/mol. The van der Waals surface area contributed by atoms with Gasteiger partial charge in [-0.3, -0.25) is 0 Å². The fraction of sp³-hybridized carbons (Fsp3) is 0.667. The fourth-order valence-corrected chi connectivity index (χ4v) is 4.51. The van der Waals surface area contributed by atoms with Crippen LogP contribution in [0.2, 0.25) is 0 Å². The van der Waals surface area contributed by atoms with Crippen molar-refractivity contribution in [1.29, 1.82) is 0 Å². The Morgan fingerprint density at radius 1 is 1.38 bits per heavy atom.